The molecular weight excluding hydrogens is 386 g/mol. The number of aryl methyl sites for hydroxylation is 2. The first kappa shape index (κ1) is 20.2. The zero-order valence-corrected chi connectivity index (χ0v) is 16.8. The number of hydrogen-bond acceptors (Lipinski definition) is 4. The molecule has 0 bridgehead atoms. The summed E-state index contributed by atoms with van der Waals surface area (Å²) in [6.45, 7) is 3.87. The molecule has 0 atom stereocenters. The molecule has 0 unspecified atom stereocenters. The monoisotopic (exact) mass is 405 g/mol. The van der Waals surface area contributed by atoms with Crippen LogP contribution in [0.5, 0.6) is 0 Å². The third-order valence-electron chi connectivity index (χ3n) is 4.37. The number of nitrogens with zero attached hydrogens (tertiary/aromatic N) is 2. The van der Waals surface area contributed by atoms with E-state index in [0.29, 0.717) is 5.56 Å². The number of hydrogen-bond donors (Lipinski definition) is 1. The maximum atomic E-state index is 13.3. The van der Waals surface area contributed by atoms with Crippen LogP contribution in [0.3, 0.4) is 0 Å². The van der Waals surface area contributed by atoms with Crippen molar-refractivity contribution < 1.29 is 14.6 Å². The highest BCUT2D eigenvalue weighted by atomic mass is 32.1. The number of nitro groups is 1. The molecule has 146 valence electrons. The van der Waals surface area contributed by atoms with Crippen molar-refractivity contribution in [1.82, 2.24) is 0 Å². The molecule has 0 radical (unpaired) electrons. The molecule has 0 amide bonds. The predicted molar refractivity (Wildman–Crippen MR) is 115 cm³/mol. The zero-order chi connectivity index (χ0) is 21.0. The number of aromatic nitrogens is 1. The Morgan fingerprint density at radius 1 is 1.03 bits per heavy atom. The Labute approximate surface area is 173 Å². The highest BCUT2D eigenvalue weighted by molar-refractivity contribution is 7.81. The Kier molecular flexibility index (Phi) is 5.99. The van der Waals surface area contributed by atoms with Gasteiger partial charge < -0.3 is 10.4 Å². The van der Waals surface area contributed by atoms with E-state index >= 15 is 0 Å². The van der Waals surface area contributed by atoms with Gasteiger partial charge in [0, 0.05) is 29.4 Å². The first-order valence-corrected chi connectivity index (χ1v) is 9.29. The van der Waals surface area contributed by atoms with E-state index in [1.54, 1.807) is 10.8 Å². The van der Waals surface area contributed by atoms with Crippen molar-refractivity contribution in [3.05, 3.63) is 99.9 Å². The number of thiocarbonyl (C=S) groups is 1. The van der Waals surface area contributed by atoms with Crippen molar-refractivity contribution in [3.8, 4) is 0 Å². The molecular formula is C22H19N3O3S. The van der Waals surface area contributed by atoms with Gasteiger partial charge in [0.15, 0.2) is 17.4 Å². The summed E-state index contributed by atoms with van der Waals surface area (Å²) in [7, 11) is 0. The zero-order valence-electron chi connectivity index (χ0n) is 16.0. The first-order chi connectivity index (χ1) is 13.9. The minimum absolute atomic E-state index is 0.0769. The van der Waals surface area contributed by atoms with Crippen LogP contribution in [0.1, 0.15) is 16.7 Å². The van der Waals surface area contributed by atoms with Gasteiger partial charge >= 0.3 is 0 Å². The smallest absolute Gasteiger partial charge is 0.269 e. The molecule has 1 aromatic heterocycles. The summed E-state index contributed by atoms with van der Waals surface area (Å²) in [6, 6.07) is 16.9. The average Bonchev–Trinajstić information content (AvgIpc) is 2.70. The summed E-state index contributed by atoms with van der Waals surface area (Å²) in [4.78, 5) is 10.7. The third kappa shape index (κ3) is 4.64. The van der Waals surface area contributed by atoms with Crippen molar-refractivity contribution in [2.24, 2.45) is 0 Å². The van der Waals surface area contributed by atoms with Crippen LogP contribution in [0.25, 0.3) is 11.5 Å². The second-order valence-electron chi connectivity index (χ2n) is 6.54. The molecule has 6 nitrogen and oxygen atoms in total. The lowest BCUT2D eigenvalue weighted by atomic mass is 10.1. The van der Waals surface area contributed by atoms with Crippen LogP contribution in [0.2, 0.25) is 0 Å². The van der Waals surface area contributed by atoms with Crippen LogP contribution in [-0.2, 0) is 0 Å². The van der Waals surface area contributed by atoms with Crippen LogP contribution in [0, 0.1) is 24.0 Å². The van der Waals surface area contributed by atoms with Gasteiger partial charge in [0.1, 0.15) is 0 Å². The van der Waals surface area contributed by atoms with Crippen molar-refractivity contribution >= 4 is 40.0 Å². The minimum atomic E-state index is -0.501. The molecule has 2 aromatic carbocycles. The minimum Gasteiger partial charge on any atom is -0.867 e. The van der Waals surface area contributed by atoms with Gasteiger partial charge in [0.2, 0.25) is 5.70 Å². The SMILES string of the molecule is Cc1ccc[n+](C(C(=S)Nc2ccccc2C)=C([O-])c2ccc([N+](=O)[O-])cc2)c1. The van der Waals surface area contributed by atoms with Crippen molar-refractivity contribution in [3.63, 3.8) is 0 Å². The molecule has 0 aliphatic rings. The van der Waals surface area contributed by atoms with Crippen LogP contribution in [-0.4, -0.2) is 9.91 Å². The maximum Gasteiger partial charge on any atom is 0.269 e. The van der Waals surface area contributed by atoms with Crippen LogP contribution < -0.4 is 15.0 Å². The van der Waals surface area contributed by atoms with E-state index in [2.05, 4.69) is 5.32 Å². The normalized spacial score (nSPS) is 11.5. The van der Waals surface area contributed by atoms with Gasteiger partial charge in [-0.3, -0.25) is 10.1 Å². The number of rotatable bonds is 5. The topological polar surface area (TPSA) is 82.1 Å². The van der Waals surface area contributed by atoms with Gasteiger partial charge in [-0.1, -0.05) is 30.4 Å². The number of anilines is 1. The first-order valence-electron chi connectivity index (χ1n) is 8.88. The Morgan fingerprint density at radius 2 is 1.72 bits per heavy atom. The molecule has 3 aromatic rings. The van der Waals surface area contributed by atoms with Gasteiger partial charge in [0.25, 0.3) is 5.69 Å². The lowest BCUT2D eigenvalue weighted by molar-refractivity contribution is -0.578. The Balaban J connectivity index is 2.09. The Morgan fingerprint density at radius 3 is 2.34 bits per heavy atom. The highest BCUT2D eigenvalue weighted by Crippen LogP contribution is 2.21. The largest absolute Gasteiger partial charge is 0.867 e. The summed E-state index contributed by atoms with van der Waals surface area (Å²) >= 11 is 5.59. The number of para-hydroxylation sites is 1. The Bertz CT molecular complexity index is 1110. The summed E-state index contributed by atoms with van der Waals surface area (Å²) in [6.07, 6.45) is 3.56. The summed E-state index contributed by atoms with van der Waals surface area (Å²) in [5.41, 5.74) is 3.26. The number of nitro benzene ring substituents is 1. The standard InChI is InChI=1S/C22H19N3O3S/c1-15-6-5-13-24(14-15)20(22(29)23-19-8-4-3-7-16(19)2)21(26)17-9-11-18(12-10-17)25(27)28/h3-14H,1-2H3,(H-,23,26,29). The summed E-state index contributed by atoms with van der Waals surface area (Å²) in [5.74, 6) is -0.332. The fourth-order valence-corrected chi connectivity index (χ4v) is 3.14. The lowest BCUT2D eigenvalue weighted by Gasteiger charge is -2.17. The molecule has 0 spiro atoms. The number of non-ortho nitro benzene ring substituents is 1. The highest BCUT2D eigenvalue weighted by Gasteiger charge is 2.20. The molecule has 0 fully saturated rings. The molecule has 3 rings (SSSR count). The van der Waals surface area contributed by atoms with Gasteiger partial charge in [-0.2, -0.15) is 4.57 Å². The van der Waals surface area contributed by atoms with Gasteiger partial charge in [-0.05, 0) is 55.0 Å². The van der Waals surface area contributed by atoms with E-state index in [9.17, 15) is 15.2 Å². The fourth-order valence-electron chi connectivity index (χ4n) is 2.84. The molecule has 1 heterocycles. The van der Waals surface area contributed by atoms with E-state index in [4.69, 9.17) is 12.2 Å². The van der Waals surface area contributed by atoms with Gasteiger partial charge in [-0.25, -0.2) is 0 Å². The van der Waals surface area contributed by atoms with Crippen LogP contribution >= 0.6 is 12.2 Å². The second kappa shape index (κ2) is 8.62. The number of nitrogens with one attached hydrogen (secondary N) is 1. The number of pyridine rings is 1. The molecule has 1 N–H and O–H groups in total. The molecule has 0 saturated heterocycles. The predicted octanol–water partition coefficient (Wildman–Crippen LogP) is 3.62. The molecule has 0 aliphatic heterocycles. The van der Waals surface area contributed by atoms with E-state index in [-0.39, 0.29) is 22.1 Å². The average molecular weight is 405 g/mol. The van der Waals surface area contributed by atoms with Gasteiger partial charge in [0.05, 0.1) is 4.92 Å². The lowest BCUT2D eigenvalue weighted by Crippen LogP contribution is -2.40. The Hall–Kier alpha value is -3.58. The van der Waals surface area contributed by atoms with Gasteiger partial charge in [-0.15, -0.1) is 0 Å². The van der Waals surface area contributed by atoms with E-state index < -0.39 is 4.92 Å². The molecule has 7 heteroatoms. The molecule has 29 heavy (non-hydrogen) atoms. The van der Waals surface area contributed by atoms with Crippen molar-refractivity contribution in [1.29, 1.82) is 0 Å². The van der Waals surface area contributed by atoms with Crippen molar-refractivity contribution in [2.75, 3.05) is 5.32 Å². The molecule has 0 saturated carbocycles. The molecule has 0 aliphatic carbocycles. The quantitative estimate of drug-likeness (QED) is 0.175. The maximum absolute atomic E-state index is 13.3. The second-order valence-corrected chi connectivity index (χ2v) is 6.95. The fraction of sp³-hybridized carbons (Fsp3) is 0.0909. The number of benzene rings is 2. The van der Waals surface area contributed by atoms with E-state index in [1.165, 1.54) is 24.3 Å². The van der Waals surface area contributed by atoms with E-state index in [1.807, 2.05) is 56.4 Å². The summed E-state index contributed by atoms with van der Waals surface area (Å²) < 4.78 is 1.67. The van der Waals surface area contributed by atoms with E-state index in [0.717, 1.165) is 16.8 Å². The van der Waals surface area contributed by atoms with Crippen LogP contribution in [0.15, 0.2) is 73.1 Å². The summed E-state index contributed by atoms with van der Waals surface area (Å²) in [5, 5.41) is 27.4. The van der Waals surface area contributed by atoms with Crippen LogP contribution in [0.4, 0.5) is 11.4 Å². The third-order valence-corrected chi connectivity index (χ3v) is 4.67. The van der Waals surface area contributed by atoms with Crippen molar-refractivity contribution in [2.45, 2.75) is 13.8 Å².